The summed E-state index contributed by atoms with van der Waals surface area (Å²) in [4.78, 5) is 17.3. The van der Waals surface area contributed by atoms with Crippen molar-refractivity contribution >= 4 is 11.6 Å². The third kappa shape index (κ3) is 5.33. The number of hydrogen-bond acceptors (Lipinski definition) is 4. The summed E-state index contributed by atoms with van der Waals surface area (Å²) in [6.45, 7) is 6.18. The van der Waals surface area contributed by atoms with E-state index in [0.29, 0.717) is 23.1 Å². The van der Waals surface area contributed by atoms with E-state index in [2.05, 4.69) is 29.3 Å². The first kappa shape index (κ1) is 22.0. The molecule has 1 atom stereocenters. The van der Waals surface area contributed by atoms with Gasteiger partial charge in [-0.1, -0.05) is 24.3 Å². The fourth-order valence-corrected chi connectivity index (χ4v) is 3.90. The van der Waals surface area contributed by atoms with E-state index in [1.807, 2.05) is 12.1 Å². The summed E-state index contributed by atoms with van der Waals surface area (Å²) in [5.41, 5.74) is 2.48. The molecule has 0 aliphatic carbocycles. The van der Waals surface area contributed by atoms with Crippen molar-refractivity contribution in [1.29, 1.82) is 0 Å². The van der Waals surface area contributed by atoms with Gasteiger partial charge < -0.3 is 15.0 Å². The zero-order valence-corrected chi connectivity index (χ0v) is 18.4. The molecular weight excluding hydrogens is 405 g/mol. The molecule has 3 aromatic rings. The summed E-state index contributed by atoms with van der Waals surface area (Å²) in [5.74, 6) is 0.393. The fourth-order valence-electron chi connectivity index (χ4n) is 3.90. The van der Waals surface area contributed by atoms with Gasteiger partial charge in [-0.15, -0.1) is 0 Å². The molecule has 1 heterocycles. The van der Waals surface area contributed by atoms with Crippen molar-refractivity contribution in [3.63, 3.8) is 0 Å². The molecule has 0 aromatic heterocycles. The molecule has 0 radical (unpaired) electrons. The summed E-state index contributed by atoms with van der Waals surface area (Å²) in [6.07, 6.45) is 0. The lowest BCUT2D eigenvalue weighted by atomic mass is 10.1. The highest BCUT2D eigenvalue weighted by Gasteiger charge is 2.19. The second-order valence-corrected chi connectivity index (χ2v) is 8.17. The number of benzene rings is 3. The molecule has 3 aromatic carbocycles. The van der Waals surface area contributed by atoms with Gasteiger partial charge in [-0.25, -0.2) is 4.39 Å². The van der Waals surface area contributed by atoms with Gasteiger partial charge in [-0.2, -0.15) is 0 Å². The maximum atomic E-state index is 13.2. The van der Waals surface area contributed by atoms with Gasteiger partial charge in [0.15, 0.2) is 0 Å². The van der Waals surface area contributed by atoms with Gasteiger partial charge in [0.25, 0.3) is 5.91 Å². The maximum Gasteiger partial charge on any atom is 0.261 e. The van der Waals surface area contributed by atoms with Crippen molar-refractivity contribution in [2.75, 3.05) is 31.6 Å². The van der Waals surface area contributed by atoms with Gasteiger partial charge in [-0.05, 0) is 61.0 Å². The molecule has 1 aliphatic heterocycles. The zero-order chi connectivity index (χ0) is 22.5. The number of piperazine rings is 1. The van der Waals surface area contributed by atoms with Gasteiger partial charge >= 0.3 is 0 Å². The third-order valence-electron chi connectivity index (χ3n) is 5.65. The van der Waals surface area contributed by atoms with Crippen LogP contribution in [0.2, 0.25) is 0 Å². The van der Waals surface area contributed by atoms with Gasteiger partial charge in [0.05, 0.1) is 5.56 Å². The van der Waals surface area contributed by atoms with Crippen molar-refractivity contribution in [2.45, 2.75) is 19.5 Å². The number of hydrogen-bond donors (Lipinski definition) is 1. The second kappa shape index (κ2) is 9.94. The molecule has 5 nitrogen and oxygen atoms in total. The Morgan fingerprint density at radius 2 is 1.81 bits per heavy atom. The number of ether oxygens (including phenoxy) is 1. The fraction of sp³-hybridized carbons (Fsp3) is 0.269. The Kier molecular flexibility index (Phi) is 6.83. The Morgan fingerprint density at radius 1 is 1.09 bits per heavy atom. The van der Waals surface area contributed by atoms with E-state index in [9.17, 15) is 9.18 Å². The molecule has 0 unspecified atom stereocenters. The predicted octanol–water partition coefficient (Wildman–Crippen LogP) is 4.69. The number of para-hydroxylation sites is 1. The number of anilines is 1. The molecular formula is C26H28FN3O2. The van der Waals surface area contributed by atoms with Crippen LogP contribution >= 0.6 is 0 Å². The standard InChI is InChI=1S/C26H28FN3O2/c1-19-17-30(16-15-28-19)18-20-7-11-22(12-8-20)29(2)26(31)24-5-3-4-6-25(24)32-23-13-9-21(27)10-14-23/h3-14,19,28H,15-18H2,1-2H3/t19-/m0/s1. The Bertz CT molecular complexity index is 1050. The topological polar surface area (TPSA) is 44.8 Å². The van der Waals surface area contributed by atoms with E-state index >= 15 is 0 Å². The van der Waals surface area contributed by atoms with Crippen molar-refractivity contribution in [3.05, 3.63) is 89.7 Å². The number of amides is 1. The van der Waals surface area contributed by atoms with Crippen molar-refractivity contribution in [2.24, 2.45) is 0 Å². The van der Waals surface area contributed by atoms with E-state index in [0.717, 1.165) is 31.9 Å². The lowest BCUT2D eigenvalue weighted by Gasteiger charge is -2.31. The molecule has 0 bridgehead atoms. The SMILES string of the molecule is C[C@H]1CN(Cc2ccc(N(C)C(=O)c3ccccc3Oc3ccc(F)cc3)cc2)CCN1. The maximum absolute atomic E-state index is 13.2. The lowest BCUT2D eigenvalue weighted by molar-refractivity contribution is 0.0990. The first-order valence-electron chi connectivity index (χ1n) is 10.8. The minimum absolute atomic E-state index is 0.175. The minimum atomic E-state index is -0.337. The van der Waals surface area contributed by atoms with Crippen LogP contribution in [0.5, 0.6) is 11.5 Å². The summed E-state index contributed by atoms with van der Waals surface area (Å²) in [6, 6.07) is 21.4. The average Bonchev–Trinajstić information content (AvgIpc) is 2.80. The first-order valence-corrected chi connectivity index (χ1v) is 10.8. The van der Waals surface area contributed by atoms with E-state index in [-0.39, 0.29) is 11.7 Å². The van der Waals surface area contributed by atoms with Gasteiger partial charge in [0.1, 0.15) is 17.3 Å². The van der Waals surface area contributed by atoms with Crippen molar-refractivity contribution in [1.82, 2.24) is 10.2 Å². The summed E-state index contributed by atoms with van der Waals surface area (Å²) >= 11 is 0. The second-order valence-electron chi connectivity index (χ2n) is 8.17. The van der Waals surface area contributed by atoms with Crippen LogP contribution < -0.4 is 15.0 Å². The molecule has 6 heteroatoms. The highest BCUT2D eigenvalue weighted by molar-refractivity contribution is 6.07. The number of carbonyl (C=O) groups is 1. The molecule has 1 saturated heterocycles. The van der Waals surface area contributed by atoms with Gasteiger partial charge in [0.2, 0.25) is 0 Å². The highest BCUT2D eigenvalue weighted by Crippen LogP contribution is 2.28. The number of nitrogens with one attached hydrogen (secondary N) is 1. The molecule has 1 N–H and O–H groups in total. The van der Waals surface area contributed by atoms with E-state index < -0.39 is 0 Å². The molecule has 1 amide bonds. The summed E-state index contributed by atoms with van der Waals surface area (Å²) in [7, 11) is 1.75. The molecule has 32 heavy (non-hydrogen) atoms. The molecule has 0 spiro atoms. The molecule has 0 saturated carbocycles. The normalized spacial score (nSPS) is 16.5. The van der Waals surface area contributed by atoms with Crippen molar-refractivity contribution in [3.8, 4) is 11.5 Å². The van der Waals surface area contributed by atoms with E-state index in [1.165, 1.54) is 29.8 Å². The molecule has 1 aliphatic rings. The van der Waals surface area contributed by atoms with Crippen LogP contribution in [0, 0.1) is 5.82 Å². The summed E-state index contributed by atoms with van der Waals surface area (Å²) in [5, 5.41) is 3.46. The average molecular weight is 434 g/mol. The largest absolute Gasteiger partial charge is 0.457 e. The van der Waals surface area contributed by atoms with Gasteiger partial charge in [-0.3, -0.25) is 9.69 Å². The molecule has 166 valence electrons. The number of carbonyl (C=O) groups excluding carboxylic acids is 1. The quantitative estimate of drug-likeness (QED) is 0.613. The zero-order valence-electron chi connectivity index (χ0n) is 18.4. The van der Waals surface area contributed by atoms with Crippen LogP contribution in [-0.2, 0) is 6.54 Å². The Labute approximate surface area is 188 Å². The Morgan fingerprint density at radius 3 is 2.53 bits per heavy atom. The van der Waals surface area contributed by atoms with Crippen LogP contribution in [0.1, 0.15) is 22.8 Å². The van der Waals surface area contributed by atoms with Crippen LogP contribution in [0.15, 0.2) is 72.8 Å². The van der Waals surface area contributed by atoms with E-state index in [4.69, 9.17) is 4.74 Å². The summed E-state index contributed by atoms with van der Waals surface area (Å²) < 4.78 is 19.0. The van der Waals surface area contributed by atoms with E-state index in [1.54, 1.807) is 36.2 Å². The smallest absolute Gasteiger partial charge is 0.261 e. The Balaban J connectivity index is 1.46. The van der Waals surface area contributed by atoms with Crippen LogP contribution in [-0.4, -0.2) is 43.5 Å². The molecule has 1 fully saturated rings. The molecule has 4 rings (SSSR count). The minimum Gasteiger partial charge on any atom is -0.457 e. The predicted molar refractivity (Wildman–Crippen MR) is 125 cm³/mol. The van der Waals surface area contributed by atoms with Crippen LogP contribution in [0.4, 0.5) is 10.1 Å². The van der Waals surface area contributed by atoms with Gasteiger partial charge in [0, 0.05) is 45.0 Å². The van der Waals surface area contributed by atoms with Crippen LogP contribution in [0.25, 0.3) is 0 Å². The first-order chi connectivity index (χ1) is 15.5. The number of rotatable bonds is 6. The third-order valence-corrected chi connectivity index (χ3v) is 5.65. The number of halogens is 1. The Hall–Kier alpha value is -3.22. The number of nitrogens with zero attached hydrogens (tertiary/aromatic N) is 2. The highest BCUT2D eigenvalue weighted by atomic mass is 19.1. The van der Waals surface area contributed by atoms with Crippen molar-refractivity contribution < 1.29 is 13.9 Å². The lowest BCUT2D eigenvalue weighted by Crippen LogP contribution is -2.48. The van der Waals surface area contributed by atoms with Crippen LogP contribution in [0.3, 0.4) is 0 Å². The monoisotopic (exact) mass is 433 g/mol.